The summed E-state index contributed by atoms with van der Waals surface area (Å²) in [7, 11) is 0. The lowest BCUT2D eigenvalue weighted by atomic mass is 10.0. The monoisotopic (exact) mass is 459 g/mol. The van der Waals surface area contributed by atoms with Crippen LogP contribution < -0.4 is 10.1 Å². The maximum Gasteiger partial charge on any atom is 0.291 e. The van der Waals surface area contributed by atoms with Crippen LogP contribution in [0.25, 0.3) is 0 Å². The Morgan fingerprint density at radius 1 is 0.909 bits per heavy atom. The highest BCUT2D eigenvalue weighted by molar-refractivity contribution is 6.31. The van der Waals surface area contributed by atoms with Crippen molar-refractivity contribution < 1.29 is 18.7 Å². The molecule has 0 bridgehead atoms. The standard InChI is InChI=1S/C27H22ClNO4/c1-17-12-18(2)14-22(13-17)32-16-21-9-11-25(33-21)27(31)29-24-10-8-20(28)15-23(24)26(30)19-6-4-3-5-7-19/h3-15H,16H2,1-2H3,(H,29,31). The first-order chi connectivity index (χ1) is 15.9. The van der Waals surface area contributed by atoms with Crippen LogP contribution in [-0.4, -0.2) is 11.7 Å². The number of carbonyl (C=O) groups excluding carboxylic acids is 2. The van der Waals surface area contributed by atoms with Gasteiger partial charge in [0, 0.05) is 16.1 Å². The molecule has 4 aromatic rings. The average molecular weight is 460 g/mol. The number of benzene rings is 3. The van der Waals surface area contributed by atoms with Gasteiger partial charge in [0.25, 0.3) is 5.91 Å². The molecular weight excluding hydrogens is 438 g/mol. The molecule has 33 heavy (non-hydrogen) atoms. The Kier molecular flexibility index (Phi) is 6.61. The van der Waals surface area contributed by atoms with Crippen molar-refractivity contribution in [2.24, 2.45) is 0 Å². The van der Waals surface area contributed by atoms with Gasteiger partial charge >= 0.3 is 0 Å². The zero-order valence-electron chi connectivity index (χ0n) is 18.2. The van der Waals surface area contributed by atoms with Crippen LogP contribution >= 0.6 is 11.6 Å². The molecule has 0 saturated carbocycles. The van der Waals surface area contributed by atoms with Crippen LogP contribution in [0.1, 0.15) is 43.4 Å². The fourth-order valence-corrected chi connectivity index (χ4v) is 3.66. The molecule has 0 saturated heterocycles. The third kappa shape index (κ3) is 5.51. The lowest BCUT2D eigenvalue weighted by molar-refractivity contribution is 0.0992. The lowest BCUT2D eigenvalue weighted by Crippen LogP contribution is -2.14. The molecule has 1 aromatic heterocycles. The van der Waals surface area contributed by atoms with E-state index >= 15 is 0 Å². The Bertz CT molecular complexity index is 1290. The molecule has 0 aliphatic heterocycles. The van der Waals surface area contributed by atoms with Crippen molar-refractivity contribution in [3.8, 4) is 5.75 Å². The van der Waals surface area contributed by atoms with Crippen LogP contribution in [0.4, 0.5) is 5.69 Å². The third-order valence-electron chi connectivity index (χ3n) is 4.97. The van der Waals surface area contributed by atoms with E-state index in [4.69, 9.17) is 20.8 Å². The quantitative estimate of drug-likeness (QED) is 0.315. The Hall–Kier alpha value is -3.83. The SMILES string of the molecule is Cc1cc(C)cc(OCc2ccc(C(=O)Nc3ccc(Cl)cc3C(=O)c3ccccc3)o2)c1. The topological polar surface area (TPSA) is 68.5 Å². The second-order valence-corrected chi connectivity index (χ2v) is 8.15. The number of nitrogens with one attached hydrogen (secondary N) is 1. The highest BCUT2D eigenvalue weighted by atomic mass is 35.5. The van der Waals surface area contributed by atoms with E-state index in [1.54, 1.807) is 48.5 Å². The average Bonchev–Trinajstić information content (AvgIpc) is 3.28. The van der Waals surface area contributed by atoms with E-state index in [-0.39, 0.29) is 18.2 Å². The number of ether oxygens (including phenoxy) is 1. The number of ketones is 1. The highest BCUT2D eigenvalue weighted by Gasteiger charge is 2.18. The fraction of sp³-hybridized carbons (Fsp3) is 0.111. The number of furan rings is 1. The normalized spacial score (nSPS) is 10.6. The minimum absolute atomic E-state index is 0.113. The summed E-state index contributed by atoms with van der Waals surface area (Å²) in [4.78, 5) is 25.8. The van der Waals surface area contributed by atoms with Crippen LogP contribution in [0, 0.1) is 13.8 Å². The molecule has 0 unspecified atom stereocenters. The summed E-state index contributed by atoms with van der Waals surface area (Å²) in [5.41, 5.74) is 3.36. The van der Waals surface area contributed by atoms with Gasteiger partial charge in [0.05, 0.1) is 5.69 Å². The van der Waals surface area contributed by atoms with Crippen molar-refractivity contribution in [3.63, 3.8) is 0 Å². The molecule has 1 heterocycles. The molecule has 166 valence electrons. The van der Waals surface area contributed by atoms with Gasteiger partial charge < -0.3 is 14.5 Å². The molecule has 4 rings (SSSR count). The summed E-state index contributed by atoms with van der Waals surface area (Å²) < 4.78 is 11.5. The molecule has 0 aliphatic carbocycles. The Morgan fingerprint density at radius 2 is 1.64 bits per heavy atom. The van der Waals surface area contributed by atoms with E-state index in [9.17, 15) is 9.59 Å². The number of hydrogen-bond acceptors (Lipinski definition) is 4. The van der Waals surface area contributed by atoms with Crippen LogP contribution in [-0.2, 0) is 6.61 Å². The molecule has 0 radical (unpaired) electrons. The number of amides is 1. The van der Waals surface area contributed by atoms with Crippen molar-refractivity contribution in [1.29, 1.82) is 0 Å². The van der Waals surface area contributed by atoms with Crippen molar-refractivity contribution >= 4 is 29.0 Å². The number of halogens is 1. The highest BCUT2D eigenvalue weighted by Crippen LogP contribution is 2.25. The molecule has 0 spiro atoms. The Balaban J connectivity index is 1.48. The third-order valence-corrected chi connectivity index (χ3v) is 5.21. The first-order valence-corrected chi connectivity index (χ1v) is 10.8. The van der Waals surface area contributed by atoms with Crippen LogP contribution in [0.3, 0.4) is 0 Å². The summed E-state index contributed by atoms with van der Waals surface area (Å²) in [6, 6.07) is 22.8. The summed E-state index contributed by atoms with van der Waals surface area (Å²) >= 11 is 6.11. The minimum Gasteiger partial charge on any atom is -0.486 e. The van der Waals surface area contributed by atoms with E-state index in [1.165, 1.54) is 6.07 Å². The van der Waals surface area contributed by atoms with E-state index in [1.807, 2.05) is 32.0 Å². The van der Waals surface area contributed by atoms with Gasteiger partial charge in [0.2, 0.25) is 0 Å². The van der Waals surface area contributed by atoms with Gasteiger partial charge in [-0.15, -0.1) is 0 Å². The second-order valence-electron chi connectivity index (χ2n) is 7.72. The summed E-state index contributed by atoms with van der Waals surface area (Å²) in [6.45, 7) is 4.19. The summed E-state index contributed by atoms with van der Waals surface area (Å²) in [5, 5.41) is 3.15. The van der Waals surface area contributed by atoms with E-state index in [2.05, 4.69) is 11.4 Å². The van der Waals surface area contributed by atoms with Gasteiger partial charge in [-0.2, -0.15) is 0 Å². The number of carbonyl (C=O) groups is 2. The van der Waals surface area contributed by atoms with Crippen LogP contribution in [0.5, 0.6) is 5.75 Å². The summed E-state index contributed by atoms with van der Waals surface area (Å²) in [6.07, 6.45) is 0. The van der Waals surface area contributed by atoms with E-state index in [0.717, 1.165) is 16.9 Å². The molecule has 0 aliphatic rings. The van der Waals surface area contributed by atoms with Crippen molar-refractivity contribution in [1.82, 2.24) is 0 Å². The van der Waals surface area contributed by atoms with Gasteiger partial charge in [0.1, 0.15) is 18.1 Å². The smallest absolute Gasteiger partial charge is 0.291 e. The molecule has 6 heteroatoms. The van der Waals surface area contributed by atoms with Gasteiger partial charge in [-0.05, 0) is 67.4 Å². The van der Waals surface area contributed by atoms with E-state index < -0.39 is 5.91 Å². The van der Waals surface area contributed by atoms with Crippen molar-refractivity contribution in [2.75, 3.05) is 5.32 Å². The van der Waals surface area contributed by atoms with Crippen molar-refractivity contribution in [2.45, 2.75) is 20.5 Å². The lowest BCUT2D eigenvalue weighted by Gasteiger charge is -2.10. The molecule has 5 nitrogen and oxygen atoms in total. The van der Waals surface area contributed by atoms with Crippen molar-refractivity contribution in [3.05, 3.63) is 118 Å². The van der Waals surface area contributed by atoms with Gasteiger partial charge in [-0.1, -0.05) is 48.0 Å². The predicted molar refractivity (Wildman–Crippen MR) is 128 cm³/mol. The molecule has 3 aromatic carbocycles. The Labute approximate surface area is 197 Å². The largest absolute Gasteiger partial charge is 0.486 e. The maximum atomic E-state index is 13.0. The minimum atomic E-state index is -0.475. The molecule has 1 N–H and O–H groups in total. The zero-order valence-corrected chi connectivity index (χ0v) is 19.0. The van der Waals surface area contributed by atoms with Crippen LogP contribution in [0.15, 0.2) is 83.3 Å². The maximum absolute atomic E-state index is 13.0. The van der Waals surface area contributed by atoms with Crippen LogP contribution in [0.2, 0.25) is 5.02 Å². The molecule has 0 fully saturated rings. The predicted octanol–water partition coefficient (Wildman–Crippen LogP) is 6.61. The number of rotatable bonds is 7. The van der Waals surface area contributed by atoms with Gasteiger partial charge in [-0.3, -0.25) is 9.59 Å². The second kappa shape index (κ2) is 9.76. The summed E-state index contributed by atoms with van der Waals surface area (Å²) in [5.74, 6) is 0.644. The first-order valence-electron chi connectivity index (χ1n) is 10.4. The number of hydrogen-bond donors (Lipinski definition) is 1. The van der Waals surface area contributed by atoms with Gasteiger partial charge in [-0.25, -0.2) is 0 Å². The molecule has 0 atom stereocenters. The molecular formula is C27H22ClNO4. The Morgan fingerprint density at radius 3 is 2.36 bits per heavy atom. The zero-order chi connectivity index (χ0) is 23.4. The van der Waals surface area contributed by atoms with Gasteiger partial charge in [0.15, 0.2) is 11.5 Å². The van der Waals surface area contributed by atoms with E-state index in [0.29, 0.717) is 27.6 Å². The number of aryl methyl sites for hydroxylation is 2. The number of anilines is 1. The fourth-order valence-electron chi connectivity index (χ4n) is 3.49. The first kappa shape index (κ1) is 22.4. The molecule has 1 amide bonds.